The van der Waals surface area contributed by atoms with Crippen LogP contribution in [-0.4, -0.2) is 33.1 Å². The van der Waals surface area contributed by atoms with E-state index in [1.54, 1.807) is 7.05 Å². The lowest BCUT2D eigenvalue weighted by Gasteiger charge is -2.06. The topological polar surface area (TPSA) is 74.5 Å². The molecule has 0 rings (SSSR count). The van der Waals surface area contributed by atoms with E-state index in [9.17, 15) is 0 Å². The molecule has 0 aromatic rings. The highest BCUT2D eigenvalue weighted by Crippen LogP contribution is 1.60. The molecule has 0 heterocycles. The van der Waals surface area contributed by atoms with Gasteiger partial charge in [-0.2, -0.15) is 0 Å². The minimum Gasteiger partial charge on any atom is -0.354 e. The van der Waals surface area contributed by atoms with Gasteiger partial charge >= 0.3 is 0 Å². The summed E-state index contributed by atoms with van der Waals surface area (Å²) in [7, 11) is 3.56. The molecule has 5 heteroatoms. The second kappa shape index (κ2) is 6.31. The Morgan fingerprint density at radius 2 is 2.20 bits per heavy atom. The highest BCUT2D eigenvalue weighted by molar-refractivity contribution is 5.78. The van der Waals surface area contributed by atoms with Gasteiger partial charge in [-0.15, -0.1) is 0 Å². The van der Waals surface area contributed by atoms with Crippen molar-refractivity contribution in [3.8, 4) is 0 Å². The molecule has 0 spiro atoms. The quantitative estimate of drug-likeness (QED) is 0.125. The number of rotatable bonds is 3. The summed E-state index contributed by atoms with van der Waals surface area (Å²) in [6.07, 6.45) is 0. The van der Waals surface area contributed by atoms with E-state index in [1.165, 1.54) is 0 Å². The van der Waals surface area contributed by atoms with Gasteiger partial charge in [-0.25, -0.2) is 5.84 Å². The van der Waals surface area contributed by atoms with Crippen LogP contribution in [0.25, 0.3) is 0 Å². The van der Waals surface area contributed by atoms with Gasteiger partial charge in [-0.05, 0) is 7.05 Å². The fourth-order valence-electron chi connectivity index (χ4n) is 0.501. The van der Waals surface area contributed by atoms with Crippen LogP contribution in [-0.2, 0) is 0 Å². The fraction of sp³-hybridized carbons (Fsp3) is 0.800. The lowest BCUT2D eigenvalue weighted by atomic mass is 10.6. The van der Waals surface area contributed by atoms with E-state index in [-0.39, 0.29) is 0 Å². The number of guanidine groups is 1. The molecule has 0 saturated carbocycles. The average Bonchev–Trinajstić information content (AvgIpc) is 1.99. The van der Waals surface area contributed by atoms with Crippen molar-refractivity contribution in [2.24, 2.45) is 10.8 Å². The predicted octanol–water partition coefficient (Wildman–Crippen LogP) is -1.76. The van der Waals surface area contributed by atoms with Gasteiger partial charge in [0, 0.05) is 20.1 Å². The highest BCUT2D eigenvalue weighted by Gasteiger charge is 1.88. The molecule has 5 N–H and O–H groups in total. The van der Waals surface area contributed by atoms with E-state index in [0.717, 1.165) is 13.1 Å². The molecular formula is C5H15N5. The molecule has 0 aliphatic rings. The molecule has 0 unspecified atom stereocenters. The number of hydrogen-bond acceptors (Lipinski definition) is 3. The number of nitrogens with one attached hydrogen (secondary N) is 3. The van der Waals surface area contributed by atoms with E-state index >= 15 is 0 Å². The standard InChI is InChI=1S/C5H15N5/c1-7-3-4-9-5(8-2)10-6/h7H,3-4,6H2,1-2H3,(H2,8,9,10). The summed E-state index contributed by atoms with van der Waals surface area (Å²) in [6.45, 7) is 1.70. The van der Waals surface area contributed by atoms with Crippen LogP contribution in [0.2, 0.25) is 0 Å². The molecule has 5 nitrogen and oxygen atoms in total. The molecule has 0 bridgehead atoms. The van der Waals surface area contributed by atoms with Gasteiger partial charge in [-0.1, -0.05) is 0 Å². The molecule has 0 atom stereocenters. The maximum atomic E-state index is 5.10. The summed E-state index contributed by atoms with van der Waals surface area (Å²) in [5, 5.41) is 5.96. The van der Waals surface area contributed by atoms with Crippen LogP contribution in [0.3, 0.4) is 0 Å². The zero-order chi connectivity index (χ0) is 7.82. The van der Waals surface area contributed by atoms with Gasteiger partial charge in [0.1, 0.15) is 0 Å². The van der Waals surface area contributed by atoms with Gasteiger partial charge in [0.2, 0.25) is 5.96 Å². The van der Waals surface area contributed by atoms with Crippen molar-refractivity contribution in [3.63, 3.8) is 0 Å². The van der Waals surface area contributed by atoms with Gasteiger partial charge in [0.15, 0.2) is 0 Å². The Balaban J connectivity index is 3.27. The van der Waals surface area contributed by atoms with E-state index in [0.29, 0.717) is 5.96 Å². The molecule has 0 saturated heterocycles. The molecular weight excluding hydrogens is 130 g/mol. The fourth-order valence-corrected chi connectivity index (χ4v) is 0.501. The number of hydrogen-bond donors (Lipinski definition) is 4. The Kier molecular flexibility index (Phi) is 5.80. The largest absolute Gasteiger partial charge is 0.354 e. The van der Waals surface area contributed by atoms with Gasteiger partial charge in [0.05, 0.1) is 0 Å². The maximum absolute atomic E-state index is 5.10. The van der Waals surface area contributed by atoms with E-state index in [1.807, 2.05) is 7.05 Å². The maximum Gasteiger partial charge on any atom is 0.205 e. The zero-order valence-electron chi connectivity index (χ0n) is 6.44. The van der Waals surface area contributed by atoms with Crippen LogP contribution in [0, 0.1) is 0 Å². The van der Waals surface area contributed by atoms with Crippen LogP contribution in [0.1, 0.15) is 0 Å². The Bertz CT molecular complexity index is 100. The highest BCUT2D eigenvalue weighted by atomic mass is 15.3. The summed E-state index contributed by atoms with van der Waals surface area (Å²) in [6, 6.07) is 0. The van der Waals surface area contributed by atoms with Crippen molar-refractivity contribution in [2.45, 2.75) is 0 Å². The van der Waals surface area contributed by atoms with E-state index in [2.05, 4.69) is 21.1 Å². The van der Waals surface area contributed by atoms with Crippen LogP contribution in [0.15, 0.2) is 4.99 Å². The third-order valence-corrected chi connectivity index (χ3v) is 1.03. The minimum atomic E-state index is 0.607. The number of likely N-dealkylation sites (N-methyl/N-ethyl adjacent to an activating group) is 1. The van der Waals surface area contributed by atoms with Crippen molar-refractivity contribution in [3.05, 3.63) is 0 Å². The number of aliphatic imine (C=N–C) groups is 1. The Morgan fingerprint density at radius 3 is 2.60 bits per heavy atom. The Morgan fingerprint density at radius 1 is 1.50 bits per heavy atom. The Hall–Kier alpha value is -0.810. The monoisotopic (exact) mass is 145 g/mol. The van der Waals surface area contributed by atoms with Gasteiger partial charge < -0.3 is 10.6 Å². The average molecular weight is 145 g/mol. The Labute approximate surface area is 61.1 Å². The van der Waals surface area contributed by atoms with E-state index < -0.39 is 0 Å². The third kappa shape index (κ3) is 4.11. The summed E-state index contributed by atoms with van der Waals surface area (Å²) < 4.78 is 0. The van der Waals surface area contributed by atoms with Crippen LogP contribution in [0.4, 0.5) is 0 Å². The first-order valence-corrected chi connectivity index (χ1v) is 3.17. The smallest absolute Gasteiger partial charge is 0.205 e. The van der Waals surface area contributed by atoms with Crippen molar-refractivity contribution >= 4 is 5.96 Å². The SMILES string of the molecule is CN=C(NN)NCCNC. The first-order valence-electron chi connectivity index (χ1n) is 3.17. The second-order valence-corrected chi connectivity index (χ2v) is 1.75. The number of hydrazine groups is 1. The molecule has 10 heavy (non-hydrogen) atoms. The third-order valence-electron chi connectivity index (χ3n) is 1.03. The predicted molar refractivity (Wildman–Crippen MR) is 42.6 cm³/mol. The molecule has 0 radical (unpaired) electrons. The number of nitrogens with zero attached hydrogens (tertiary/aromatic N) is 1. The zero-order valence-corrected chi connectivity index (χ0v) is 6.44. The summed E-state index contributed by atoms with van der Waals surface area (Å²) in [5.74, 6) is 5.71. The van der Waals surface area contributed by atoms with Gasteiger partial charge in [0.25, 0.3) is 0 Å². The van der Waals surface area contributed by atoms with E-state index in [4.69, 9.17) is 5.84 Å². The summed E-state index contributed by atoms with van der Waals surface area (Å²) >= 11 is 0. The first kappa shape index (κ1) is 9.19. The molecule has 0 aliphatic heterocycles. The van der Waals surface area contributed by atoms with Crippen LogP contribution >= 0.6 is 0 Å². The van der Waals surface area contributed by atoms with Crippen molar-refractivity contribution < 1.29 is 0 Å². The molecule has 0 aliphatic carbocycles. The minimum absolute atomic E-state index is 0.607. The second-order valence-electron chi connectivity index (χ2n) is 1.75. The lowest BCUT2D eigenvalue weighted by molar-refractivity contribution is 0.740. The van der Waals surface area contributed by atoms with Crippen LogP contribution in [0.5, 0.6) is 0 Å². The lowest BCUT2D eigenvalue weighted by Crippen LogP contribution is -2.43. The number of nitrogens with two attached hydrogens (primary N) is 1. The summed E-state index contributed by atoms with van der Waals surface area (Å²) in [4.78, 5) is 3.82. The molecule has 0 aromatic heterocycles. The summed E-state index contributed by atoms with van der Waals surface area (Å²) in [5.41, 5.74) is 2.42. The van der Waals surface area contributed by atoms with Crippen molar-refractivity contribution in [1.29, 1.82) is 0 Å². The van der Waals surface area contributed by atoms with Crippen molar-refractivity contribution in [2.75, 3.05) is 27.2 Å². The first-order chi connectivity index (χ1) is 4.85. The van der Waals surface area contributed by atoms with Gasteiger partial charge in [-0.3, -0.25) is 10.4 Å². The molecule has 0 fully saturated rings. The molecule has 60 valence electrons. The molecule has 0 aromatic carbocycles. The normalized spacial score (nSPS) is 11.3. The van der Waals surface area contributed by atoms with Crippen LogP contribution < -0.4 is 21.9 Å². The van der Waals surface area contributed by atoms with Crippen molar-refractivity contribution in [1.82, 2.24) is 16.1 Å². The molecule has 0 amide bonds.